The monoisotopic (exact) mass is 343 g/mol. The van der Waals surface area contributed by atoms with Gasteiger partial charge in [0.25, 0.3) is 0 Å². The fraction of sp³-hybridized carbons (Fsp3) is 0.208. The van der Waals surface area contributed by atoms with Gasteiger partial charge in [-0.15, -0.1) is 0 Å². The third-order valence-corrected chi connectivity index (χ3v) is 4.95. The van der Waals surface area contributed by atoms with Crippen LogP contribution in [0, 0.1) is 0 Å². The summed E-state index contributed by atoms with van der Waals surface area (Å²) in [5.74, 6) is 0.00968. The number of benzene rings is 3. The summed E-state index contributed by atoms with van der Waals surface area (Å²) < 4.78 is 0. The highest BCUT2D eigenvalue weighted by molar-refractivity contribution is 5.96. The first kappa shape index (κ1) is 17.9. The van der Waals surface area contributed by atoms with Crippen LogP contribution in [-0.2, 0) is 10.2 Å². The molecule has 0 bridgehead atoms. The molecule has 132 valence electrons. The van der Waals surface area contributed by atoms with Crippen LogP contribution in [0.1, 0.15) is 37.0 Å². The van der Waals surface area contributed by atoms with Gasteiger partial charge < -0.3 is 5.32 Å². The molecule has 0 aromatic heterocycles. The van der Waals surface area contributed by atoms with Gasteiger partial charge >= 0.3 is 0 Å². The van der Waals surface area contributed by atoms with Gasteiger partial charge in [-0.3, -0.25) is 4.79 Å². The number of rotatable bonds is 6. The average molecular weight is 343 g/mol. The highest BCUT2D eigenvalue weighted by Crippen LogP contribution is 2.39. The predicted octanol–water partition coefficient (Wildman–Crippen LogP) is 4.94. The molecule has 2 heteroatoms. The van der Waals surface area contributed by atoms with Crippen LogP contribution in [0.25, 0.3) is 0 Å². The Bertz CT molecular complexity index is 731. The summed E-state index contributed by atoms with van der Waals surface area (Å²) in [6.07, 6.45) is 0.889. The van der Waals surface area contributed by atoms with Crippen molar-refractivity contribution in [3.05, 3.63) is 108 Å². The van der Waals surface area contributed by atoms with Crippen LogP contribution in [0.4, 0.5) is 0 Å². The molecule has 1 amide bonds. The van der Waals surface area contributed by atoms with Crippen LogP contribution in [0.2, 0.25) is 0 Å². The van der Waals surface area contributed by atoms with E-state index in [9.17, 15) is 4.79 Å². The Kier molecular flexibility index (Phi) is 5.52. The fourth-order valence-electron chi connectivity index (χ4n) is 3.39. The molecule has 0 aliphatic rings. The molecule has 3 aromatic carbocycles. The van der Waals surface area contributed by atoms with Gasteiger partial charge in [0.1, 0.15) is 5.41 Å². The number of carbonyl (C=O) groups is 1. The molecule has 0 aliphatic carbocycles. The lowest BCUT2D eigenvalue weighted by molar-refractivity contribution is -0.124. The van der Waals surface area contributed by atoms with Crippen LogP contribution < -0.4 is 5.32 Å². The number of nitrogens with one attached hydrogen (secondary N) is 1. The van der Waals surface area contributed by atoms with E-state index >= 15 is 0 Å². The van der Waals surface area contributed by atoms with Gasteiger partial charge in [-0.1, -0.05) is 97.9 Å². The number of hydrogen-bond donors (Lipinski definition) is 1. The SMILES string of the molecule is CC[C@H](C)NC(=O)C(c1ccccc1)(c1ccccc1)c1ccccc1. The summed E-state index contributed by atoms with van der Waals surface area (Å²) in [6, 6.07) is 30.2. The topological polar surface area (TPSA) is 29.1 Å². The molecule has 0 spiro atoms. The van der Waals surface area contributed by atoms with Gasteiger partial charge in [0.15, 0.2) is 0 Å². The Balaban J connectivity index is 2.30. The first-order valence-corrected chi connectivity index (χ1v) is 9.17. The van der Waals surface area contributed by atoms with Crippen molar-refractivity contribution in [1.82, 2.24) is 5.32 Å². The summed E-state index contributed by atoms with van der Waals surface area (Å²) >= 11 is 0. The molecule has 0 fully saturated rings. The second kappa shape index (κ2) is 8.01. The van der Waals surface area contributed by atoms with Crippen LogP contribution in [0.15, 0.2) is 91.0 Å². The van der Waals surface area contributed by atoms with E-state index in [2.05, 4.69) is 12.2 Å². The van der Waals surface area contributed by atoms with Crippen molar-refractivity contribution in [3.63, 3.8) is 0 Å². The van der Waals surface area contributed by atoms with Gasteiger partial charge in [0.05, 0.1) is 0 Å². The first-order chi connectivity index (χ1) is 12.7. The number of hydrogen-bond acceptors (Lipinski definition) is 1. The minimum absolute atomic E-state index is 0.00968. The molecule has 0 unspecified atom stereocenters. The van der Waals surface area contributed by atoms with Crippen LogP contribution in [0.5, 0.6) is 0 Å². The Morgan fingerprint density at radius 2 is 1.12 bits per heavy atom. The van der Waals surface area contributed by atoms with Gasteiger partial charge in [-0.2, -0.15) is 0 Å². The molecule has 26 heavy (non-hydrogen) atoms. The van der Waals surface area contributed by atoms with Crippen molar-refractivity contribution >= 4 is 5.91 Å². The molecule has 0 heterocycles. The van der Waals surface area contributed by atoms with E-state index < -0.39 is 5.41 Å². The van der Waals surface area contributed by atoms with E-state index in [1.54, 1.807) is 0 Å². The molecule has 3 aromatic rings. The summed E-state index contributed by atoms with van der Waals surface area (Å²) in [5, 5.41) is 3.23. The molecule has 0 aliphatic heterocycles. The lowest BCUT2D eigenvalue weighted by atomic mass is 9.68. The van der Waals surface area contributed by atoms with Crippen molar-refractivity contribution in [2.45, 2.75) is 31.7 Å². The minimum atomic E-state index is -0.882. The molecular weight excluding hydrogens is 318 g/mol. The van der Waals surface area contributed by atoms with Gasteiger partial charge in [0.2, 0.25) is 5.91 Å². The van der Waals surface area contributed by atoms with Gasteiger partial charge in [-0.25, -0.2) is 0 Å². The zero-order chi connectivity index (χ0) is 18.4. The van der Waals surface area contributed by atoms with E-state index in [1.165, 1.54) is 0 Å². The van der Waals surface area contributed by atoms with Crippen molar-refractivity contribution in [2.24, 2.45) is 0 Å². The van der Waals surface area contributed by atoms with Crippen LogP contribution in [0.3, 0.4) is 0 Å². The summed E-state index contributed by atoms with van der Waals surface area (Å²) in [4.78, 5) is 13.7. The second-order valence-corrected chi connectivity index (χ2v) is 6.63. The largest absolute Gasteiger partial charge is 0.352 e. The van der Waals surface area contributed by atoms with E-state index in [4.69, 9.17) is 0 Å². The molecule has 0 saturated carbocycles. The Hall–Kier alpha value is -2.87. The third kappa shape index (κ3) is 3.28. The maximum absolute atomic E-state index is 13.7. The number of amides is 1. The molecule has 0 radical (unpaired) electrons. The lowest BCUT2D eigenvalue weighted by Gasteiger charge is -2.35. The van der Waals surface area contributed by atoms with Crippen molar-refractivity contribution in [2.75, 3.05) is 0 Å². The standard InChI is InChI=1S/C24H25NO/c1-3-19(2)25-23(26)24(20-13-7-4-8-14-20,21-15-9-5-10-16-21)22-17-11-6-12-18-22/h4-19H,3H2,1-2H3,(H,25,26)/t19-/m0/s1. The Labute approximate surface area is 155 Å². The molecule has 2 nitrogen and oxygen atoms in total. The molecule has 0 saturated heterocycles. The van der Waals surface area contributed by atoms with Crippen molar-refractivity contribution in [3.8, 4) is 0 Å². The molecule has 3 rings (SSSR count). The summed E-state index contributed by atoms with van der Waals surface area (Å²) in [7, 11) is 0. The van der Waals surface area contributed by atoms with Crippen LogP contribution >= 0.6 is 0 Å². The quantitative estimate of drug-likeness (QED) is 0.631. The van der Waals surface area contributed by atoms with Crippen LogP contribution in [-0.4, -0.2) is 11.9 Å². The first-order valence-electron chi connectivity index (χ1n) is 9.17. The van der Waals surface area contributed by atoms with Crippen molar-refractivity contribution < 1.29 is 4.79 Å². The molecular formula is C24H25NO. The second-order valence-electron chi connectivity index (χ2n) is 6.63. The molecule has 1 atom stereocenters. The highest BCUT2D eigenvalue weighted by Gasteiger charge is 2.43. The summed E-state index contributed by atoms with van der Waals surface area (Å²) in [6.45, 7) is 4.13. The van der Waals surface area contributed by atoms with Gasteiger partial charge in [-0.05, 0) is 30.0 Å². The maximum Gasteiger partial charge on any atom is 0.239 e. The smallest absolute Gasteiger partial charge is 0.239 e. The van der Waals surface area contributed by atoms with E-state index in [1.807, 2.05) is 97.9 Å². The summed E-state index contributed by atoms with van der Waals surface area (Å²) in [5.41, 5.74) is 2.03. The average Bonchev–Trinajstić information content (AvgIpc) is 2.71. The van der Waals surface area contributed by atoms with E-state index in [-0.39, 0.29) is 11.9 Å². The zero-order valence-corrected chi connectivity index (χ0v) is 15.4. The predicted molar refractivity (Wildman–Crippen MR) is 107 cm³/mol. The molecule has 1 N–H and O–H groups in total. The zero-order valence-electron chi connectivity index (χ0n) is 15.4. The third-order valence-electron chi connectivity index (χ3n) is 4.95. The Morgan fingerprint density at radius 1 is 0.769 bits per heavy atom. The Morgan fingerprint density at radius 3 is 1.42 bits per heavy atom. The highest BCUT2D eigenvalue weighted by atomic mass is 16.2. The van der Waals surface area contributed by atoms with Crippen molar-refractivity contribution in [1.29, 1.82) is 0 Å². The normalized spacial score (nSPS) is 12.4. The number of carbonyl (C=O) groups excluding carboxylic acids is 1. The van der Waals surface area contributed by atoms with Gasteiger partial charge in [0, 0.05) is 6.04 Å². The lowest BCUT2D eigenvalue weighted by Crippen LogP contribution is -2.49. The van der Waals surface area contributed by atoms with E-state index in [0.717, 1.165) is 23.1 Å². The maximum atomic E-state index is 13.7. The minimum Gasteiger partial charge on any atom is -0.352 e. The fourth-order valence-corrected chi connectivity index (χ4v) is 3.39. The van der Waals surface area contributed by atoms with E-state index in [0.29, 0.717) is 0 Å².